The first-order valence-electron chi connectivity index (χ1n) is 7.64. The number of carboxylic acid groups (broad SMARTS) is 1. The number of amides is 1. The molecule has 25 heavy (non-hydrogen) atoms. The third kappa shape index (κ3) is 4.93. The molecule has 8 heteroatoms. The third-order valence-electron chi connectivity index (χ3n) is 3.37. The van der Waals surface area contributed by atoms with Crippen molar-refractivity contribution in [1.82, 2.24) is 0 Å². The van der Waals surface area contributed by atoms with Crippen molar-refractivity contribution in [1.29, 1.82) is 0 Å². The van der Waals surface area contributed by atoms with Crippen molar-refractivity contribution in [3.05, 3.63) is 47.9 Å². The Balaban J connectivity index is 2.01. The number of hydrogen-bond donors (Lipinski definition) is 2. The molecule has 0 saturated heterocycles. The number of para-hydroxylation sites is 2. The van der Waals surface area contributed by atoms with E-state index in [1.165, 1.54) is 19.1 Å². The van der Waals surface area contributed by atoms with Gasteiger partial charge in [0.25, 0.3) is 0 Å². The summed E-state index contributed by atoms with van der Waals surface area (Å²) < 4.78 is 22.9. The number of benzene rings is 1. The first-order chi connectivity index (χ1) is 11.9. The van der Waals surface area contributed by atoms with Gasteiger partial charge in [-0.15, -0.1) is 0 Å². The van der Waals surface area contributed by atoms with E-state index < -0.39 is 27.9 Å². The summed E-state index contributed by atoms with van der Waals surface area (Å²) in [7, 11) is -1.57. The van der Waals surface area contributed by atoms with Crippen molar-refractivity contribution < 1.29 is 28.1 Å². The molecule has 0 aliphatic carbocycles. The number of anilines is 1. The molecular weight excluding hydrogens is 346 g/mol. The Labute approximate surface area is 147 Å². The summed E-state index contributed by atoms with van der Waals surface area (Å²) in [6, 6.07) is 9.71. The quantitative estimate of drug-likeness (QED) is 0.745. The number of carboxylic acids is 1. The number of rotatable bonds is 8. The van der Waals surface area contributed by atoms with Gasteiger partial charge in [0.05, 0.1) is 18.0 Å². The number of aromatic carboxylic acids is 1. The van der Waals surface area contributed by atoms with Crippen molar-refractivity contribution in [2.75, 3.05) is 11.9 Å². The predicted octanol–water partition coefficient (Wildman–Crippen LogP) is 2.65. The SMILES string of the molecule is CCOc1ccccc1NC(=O)C(C)S(=O)Cc1ccc(C(=O)O)o1. The molecule has 0 aliphatic heterocycles. The summed E-state index contributed by atoms with van der Waals surface area (Å²) >= 11 is 0. The Bertz CT molecular complexity index is 785. The molecule has 134 valence electrons. The monoisotopic (exact) mass is 365 g/mol. The van der Waals surface area contributed by atoms with Gasteiger partial charge in [-0.05, 0) is 38.1 Å². The maximum absolute atomic E-state index is 12.3. The lowest BCUT2D eigenvalue weighted by molar-refractivity contribution is -0.115. The maximum atomic E-state index is 12.3. The Morgan fingerprint density at radius 1 is 1.28 bits per heavy atom. The average Bonchev–Trinajstić information content (AvgIpc) is 3.05. The van der Waals surface area contributed by atoms with Crippen LogP contribution in [0.3, 0.4) is 0 Å². The first-order valence-corrected chi connectivity index (χ1v) is 9.02. The summed E-state index contributed by atoms with van der Waals surface area (Å²) in [5.74, 6) is -1.10. The lowest BCUT2D eigenvalue weighted by Gasteiger charge is -2.14. The number of hydrogen-bond acceptors (Lipinski definition) is 5. The molecule has 1 aromatic carbocycles. The third-order valence-corrected chi connectivity index (χ3v) is 4.94. The first kappa shape index (κ1) is 18.7. The van der Waals surface area contributed by atoms with Gasteiger partial charge >= 0.3 is 5.97 Å². The topological polar surface area (TPSA) is 106 Å². The van der Waals surface area contributed by atoms with E-state index in [4.69, 9.17) is 14.3 Å². The normalized spacial score (nSPS) is 13.0. The van der Waals surface area contributed by atoms with Gasteiger partial charge in [0, 0.05) is 10.8 Å². The van der Waals surface area contributed by atoms with Crippen LogP contribution in [0.1, 0.15) is 30.2 Å². The van der Waals surface area contributed by atoms with Crippen LogP contribution in [0.2, 0.25) is 0 Å². The van der Waals surface area contributed by atoms with Gasteiger partial charge in [0.1, 0.15) is 16.8 Å². The fraction of sp³-hybridized carbons (Fsp3) is 0.294. The van der Waals surface area contributed by atoms with Gasteiger partial charge < -0.3 is 19.6 Å². The van der Waals surface area contributed by atoms with Crippen LogP contribution >= 0.6 is 0 Å². The molecule has 0 spiro atoms. The van der Waals surface area contributed by atoms with Crippen LogP contribution in [0.4, 0.5) is 5.69 Å². The van der Waals surface area contributed by atoms with E-state index in [1.54, 1.807) is 24.3 Å². The van der Waals surface area contributed by atoms with Crippen molar-refractivity contribution in [3.63, 3.8) is 0 Å². The fourth-order valence-electron chi connectivity index (χ4n) is 2.04. The second-order valence-corrected chi connectivity index (χ2v) is 6.91. The molecule has 2 atom stereocenters. The second-order valence-electron chi connectivity index (χ2n) is 5.16. The Morgan fingerprint density at radius 2 is 2.00 bits per heavy atom. The molecule has 2 unspecified atom stereocenters. The summed E-state index contributed by atoms with van der Waals surface area (Å²) in [4.78, 5) is 23.1. The fourth-order valence-corrected chi connectivity index (χ4v) is 3.02. The molecule has 2 rings (SSSR count). The minimum Gasteiger partial charge on any atom is -0.492 e. The van der Waals surface area contributed by atoms with Crippen LogP contribution in [-0.2, 0) is 21.3 Å². The van der Waals surface area contributed by atoms with Gasteiger partial charge in [-0.3, -0.25) is 9.00 Å². The Kier molecular flexibility index (Phi) is 6.35. The van der Waals surface area contributed by atoms with Gasteiger partial charge in [0.15, 0.2) is 0 Å². The largest absolute Gasteiger partial charge is 0.492 e. The van der Waals surface area contributed by atoms with Crippen LogP contribution in [0.5, 0.6) is 5.75 Å². The van der Waals surface area contributed by atoms with Crippen LogP contribution in [0.15, 0.2) is 40.8 Å². The van der Waals surface area contributed by atoms with Crippen molar-refractivity contribution in [2.24, 2.45) is 0 Å². The van der Waals surface area contributed by atoms with E-state index in [1.807, 2.05) is 6.92 Å². The molecule has 2 N–H and O–H groups in total. The van der Waals surface area contributed by atoms with E-state index in [0.717, 1.165) is 0 Å². The number of ether oxygens (including phenoxy) is 1. The highest BCUT2D eigenvalue weighted by atomic mass is 32.2. The zero-order chi connectivity index (χ0) is 18.4. The highest BCUT2D eigenvalue weighted by Gasteiger charge is 2.23. The van der Waals surface area contributed by atoms with Crippen molar-refractivity contribution in [3.8, 4) is 5.75 Å². The zero-order valence-corrected chi connectivity index (χ0v) is 14.7. The van der Waals surface area contributed by atoms with Crippen molar-refractivity contribution >= 4 is 28.4 Å². The Morgan fingerprint density at radius 3 is 2.64 bits per heavy atom. The standard InChI is InChI=1S/C17H19NO6S/c1-3-23-14-7-5-4-6-13(14)18-16(19)11(2)25(22)10-12-8-9-15(24-12)17(20)21/h4-9,11H,3,10H2,1-2H3,(H,18,19)(H,20,21). The van der Waals surface area contributed by atoms with E-state index in [-0.39, 0.29) is 17.3 Å². The minimum atomic E-state index is -1.57. The van der Waals surface area contributed by atoms with Crippen LogP contribution in [-0.4, -0.2) is 33.0 Å². The molecular formula is C17H19NO6S. The average molecular weight is 365 g/mol. The molecule has 1 amide bonds. The summed E-state index contributed by atoms with van der Waals surface area (Å²) in [5, 5.41) is 10.7. The lowest BCUT2D eigenvalue weighted by Crippen LogP contribution is -2.29. The maximum Gasteiger partial charge on any atom is 0.371 e. The van der Waals surface area contributed by atoms with E-state index in [9.17, 15) is 13.8 Å². The smallest absolute Gasteiger partial charge is 0.371 e. The summed E-state index contributed by atoms with van der Waals surface area (Å²) in [6.45, 7) is 3.83. The van der Waals surface area contributed by atoms with Gasteiger partial charge in [-0.2, -0.15) is 0 Å². The molecule has 0 fully saturated rings. The Hall–Kier alpha value is -2.61. The predicted molar refractivity (Wildman–Crippen MR) is 93.2 cm³/mol. The molecule has 7 nitrogen and oxygen atoms in total. The molecule has 0 bridgehead atoms. The number of furan rings is 1. The molecule has 0 radical (unpaired) electrons. The van der Waals surface area contributed by atoms with Gasteiger partial charge in [-0.1, -0.05) is 12.1 Å². The van der Waals surface area contributed by atoms with E-state index in [2.05, 4.69) is 5.32 Å². The van der Waals surface area contributed by atoms with E-state index in [0.29, 0.717) is 18.0 Å². The zero-order valence-electron chi connectivity index (χ0n) is 13.9. The van der Waals surface area contributed by atoms with Gasteiger partial charge in [-0.25, -0.2) is 4.79 Å². The summed E-state index contributed by atoms with van der Waals surface area (Å²) in [6.07, 6.45) is 0. The van der Waals surface area contributed by atoms with Crippen molar-refractivity contribution in [2.45, 2.75) is 24.9 Å². The van der Waals surface area contributed by atoms with E-state index >= 15 is 0 Å². The molecule has 0 aliphatic rings. The summed E-state index contributed by atoms with van der Waals surface area (Å²) in [5.41, 5.74) is 0.504. The van der Waals surface area contributed by atoms with Crippen LogP contribution in [0.25, 0.3) is 0 Å². The molecule has 0 saturated carbocycles. The molecule has 1 aromatic heterocycles. The number of nitrogens with one attached hydrogen (secondary N) is 1. The molecule has 1 heterocycles. The highest BCUT2D eigenvalue weighted by Crippen LogP contribution is 2.24. The molecule has 2 aromatic rings. The number of carbonyl (C=O) groups is 2. The number of carbonyl (C=O) groups excluding carboxylic acids is 1. The van der Waals surface area contributed by atoms with Crippen LogP contribution < -0.4 is 10.1 Å². The minimum absolute atomic E-state index is 0.0467. The van der Waals surface area contributed by atoms with Gasteiger partial charge in [0.2, 0.25) is 11.7 Å². The van der Waals surface area contributed by atoms with Crippen LogP contribution in [0, 0.1) is 0 Å². The lowest BCUT2D eigenvalue weighted by atomic mass is 10.3. The highest BCUT2D eigenvalue weighted by molar-refractivity contribution is 7.85. The second kappa shape index (κ2) is 8.48.